The molecule has 0 aliphatic carbocycles. The monoisotopic (exact) mass is 339 g/mol. The van der Waals surface area contributed by atoms with Gasteiger partial charge in [0.15, 0.2) is 0 Å². The maximum absolute atomic E-state index is 12.2. The maximum Gasteiger partial charge on any atom is 0.226 e. The first kappa shape index (κ1) is 14.8. The second kappa shape index (κ2) is 5.69. The van der Waals surface area contributed by atoms with Gasteiger partial charge in [0.05, 0.1) is 5.69 Å². The molecule has 1 amide bonds. The second-order valence-electron chi connectivity index (χ2n) is 5.72. The Kier molecular flexibility index (Phi) is 3.50. The van der Waals surface area contributed by atoms with Crippen molar-refractivity contribution in [3.63, 3.8) is 0 Å². The summed E-state index contributed by atoms with van der Waals surface area (Å²) in [5.41, 5.74) is 2.59. The van der Waals surface area contributed by atoms with E-state index in [0.29, 0.717) is 17.3 Å². The molecular formula is C18H14ClN3O2. The first-order chi connectivity index (χ1) is 11.6. The maximum atomic E-state index is 12.2. The quantitative estimate of drug-likeness (QED) is 0.748. The summed E-state index contributed by atoms with van der Waals surface area (Å²) in [6.07, 6.45) is 2.01. The van der Waals surface area contributed by atoms with Crippen LogP contribution in [0.4, 0.5) is 5.82 Å². The highest BCUT2D eigenvalue weighted by Crippen LogP contribution is 2.37. The predicted octanol–water partition coefficient (Wildman–Crippen LogP) is 3.71. The van der Waals surface area contributed by atoms with Gasteiger partial charge < -0.3 is 10.4 Å². The number of amides is 1. The fourth-order valence-electron chi connectivity index (χ4n) is 3.01. The molecule has 24 heavy (non-hydrogen) atoms. The minimum absolute atomic E-state index is 0.0654. The number of hydrogen-bond donors (Lipinski definition) is 2. The average Bonchev–Trinajstić information content (AvgIpc) is 2.98. The number of aromatic nitrogens is 2. The summed E-state index contributed by atoms with van der Waals surface area (Å²) in [5, 5.41) is 13.0. The first-order valence-corrected chi connectivity index (χ1v) is 7.91. The molecule has 1 aliphatic rings. The normalized spacial score (nSPS) is 16.5. The Balaban J connectivity index is 1.81. The van der Waals surface area contributed by atoms with Crippen molar-refractivity contribution < 1.29 is 9.90 Å². The number of carbonyl (C=O) groups excluding carboxylic acids is 1. The third-order valence-electron chi connectivity index (χ3n) is 4.16. The van der Waals surface area contributed by atoms with Crippen LogP contribution in [0.25, 0.3) is 5.69 Å². The van der Waals surface area contributed by atoms with Crippen LogP contribution in [0, 0.1) is 0 Å². The van der Waals surface area contributed by atoms with Gasteiger partial charge in [-0.05, 0) is 35.9 Å². The Labute approximate surface area is 143 Å². The van der Waals surface area contributed by atoms with E-state index in [2.05, 4.69) is 10.3 Å². The van der Waals surface area contributed by atoms with E-state index in [1.807, 2.05) is 34.9 Å². The van der Waals surface area contributed by atoms with Gasteiger partial charge in [-0.25, -0.2) is 4.98 Å². The van der Waals surface area contributed by atoms with Crippen LogP contribution >= 0.6 is 11.6 Å². The minimum atomic E-state index is -0.144. The smallest absolute Gasteiger partial charge is 0.226 e. The topological polar surface area (TPSA) is 67.1 Å². The van der Waals surface area contributed by atoms with E-state index in [-0.39, 0.29) is 17.6 Å². The molecule has 0 saturated heterocycles. The van der Waals surface area contributed by atoms with Crippen molar-refractivity contribution in [2.45, 2.75) is 12.3 Å². The molecule has 2 heterocycles. The Hall–Kier alpha value is -2.79. The Morgan fingerprint density at radius 1 is 1.21 bits per heavy atom. The molecule has 1 aromatic heterocycles. The number of phenolic OH excluding ortho intramolecular Hbond substituents is 1. The fraction of sp³-hybridized carbons (Fsp3) is 0.111. The van der Waals surface area contributed by atoms with Crippen LogP contribution in [0.5, 0.6) is 5.75 Å². The molecule has 3 aromatic rings. The minimum Gasteiger partial charge on any atom is -0.508 e. The van der Waals surface area contributed by atoms with Crippen LogP contribution in [0.15, 0.2) is 54.9 Å². The van der Waals surface area contributed by atoms with Crippen molar-refractivity contribution in [3.05, 3.63) is 71.1 Å². The van der Waals surface area contributed by atoms with Crippen molar-refractivity contribution in [1.29, 1.82) is 0 Å². The lowest BCUT2D eigenvalue weighted by molar-refractivity contribution is -0.116. The molecule has 0 saturated carbocycles. The van der Waals surface area contributed by atoms with Crippen LogP contribution < -0.4 is 5.32 Å². The number of anilines is 1. The summed E-state index contributed by atoms with van der Waals surface area (Å²) >= 11 is 6.07. The number of rotatable bonds is 2. The van der Waals surface area contributed by atoms with E-state index in [0.717, 1.165) is 16.9 Å². The lowest BCUT2D eigenvalue weighted by Crippen LogP contribution is -2.24. The van der Waals surface area contributed by atoms with Crippen molar-refractivity contribution in [1.82, 2.24) is 9.55 Å². The number of nitrogens with one attached hydrogen (secondary N) is 1. The van der Waals surface area contributed by atoms with Gasteiger partial charge in [0.1, 0.15) is 17.9 Å². The molecular weight excluding hydrogens is 326 g/mol. The molecule has 120 valence electrons. The third kappa shape index (κ3) is 2.53. The van der Waals surface area contributed by atoms with E-state index < -0.39 is 0 Å². The molecule has 4 rings (SSSR count). The summed E-state index contributed by atoms with van der Waals surface area (Å²) in [7, 11) is 0. The van der Waals surface area contributed by atoms with E-state index >= 15 is 0 Å². The number of benzene rings is 2. The van der Waals surface area contributed by atoms with Gasteiger partial charge in [0.25, 0.3) is 0 Å². The van der Waals surface area contributed by atoms with Crippen LogP contribution in [0.2, 0.25) is 5.02 Å². The zero-order valence-electron chi connectivity index (χ0n) is 12.6. The average molecular weight is 340 g/mol. The Morgan fingerprint density at radius 2 is 2.00 bits per heavy atom. The number of carbonyl (C=O) groups is 1. The number of halogens is 1. The van der Waals surface area contributed by atoms with E-state index in [1.165, 1.54) is 0 Å². The SMILES string of the molecule is O=C1C[C@H](c2ccc(O)cc2)c2ncn(-c3cccc(Cl)c3)c2N1. The molecule has 2 aromatic carbocycles. The lowest BCUT2D eigenvalue weighted by atomic mass is 9.90. The molecule has 0 bridgehead atoms. The lowest BCUT2D eigenvalue weighted by Gasteiger charge is -2.23. The molecule has 1 aliphatic heterocycles. The summed E-state index contributed by atoms with van der Waals surface area (Å²) in [6.45, 7) is 0. The van der Waals surface area contributed by atoms with Crippen LogP contribution in [0.3, 0.4) is 0 Å². The standard InChI is InChI=1S/C18H14ClN3O2/c19-12-2-1-3-13(8-12)22-10-20-17-15(9-16(24)21-18(17)22)11-4-6-14(23)7-5-11/h1-8,10,15,23H,9H2,(H,21,24)/t15-/m1/s1. The number of hydrogen-bond acceptors (Lipinski definition) is 3. The molecule has 0 unspecified atom stereocenters. The van der Waals surface area contributed by atoms with Gasteiger partial charge >= 0.3 is 0 Å². The molecule has 6 heteroatoms. The zero-order chi connectivity index (χ0) is 16.7. The number of nitrogens with zero attached hydrogens (tertiary/aromatic N) is 2. The first-order valence-electron chi connectivity index (χ1n) is 7.54. The van der Waals surface area contributed by atoms with Gasteiger partial charge in [-0.3, -0.25) is 9.36 Å². The van der Waals surface area contributed by atoms with Gasteiger partial charge in [0, 0.05) is 23.0 Å². The number of imidazole rings is 1. The van der Waals surface area contributed by atoms with Crippen molar-refractivity contribution in [3.8, 4) is 11.4 Å². The van der Waals surface area contributed by atoms with Gasteiger partial charge in [-0.15, -0.1) is 0 Å². The third-order valence-corrected chi connectivity index (χ3v) is 4.39. The molecule has 5 nitrogen and oxygen atoms in total. The molecule has 1 atom stereocenters. The van der Waals surface area contributed by atoms with E-state index in [1.54, 1.807) is 24.5 Å². The zero-order valence-corrected chi connectivity index (χ0v) is 13.4. The summed E-state index contributed by atoms with van der Waals surface area (Å²) in [4.78, 5) is 16.7. The number of aromatic hydroxyl groups is 1. The number of fused-ring (bicyclic) bond motifs is 1. The van der Waals surface area contributed by atoms with E-state index in [9.17, 15) is 9.90 Å². The Morgan fingerprint density at radius 3 is 2.75 bits per heavy atom. The largest absolute Gasteiger partial charge is 0.508 e. The van der Waals surface area contributed by atoms with Crippen molar-refractivity contribution in [2.75, 3.05) is 5.32 Å². The highest BCUT2D eigenvalue weighted by molar-refractivity contribution is 6.30. The van der Waals surface area contributed by atoms with Crippen LogP contribution in [-0.2, 0) is 4.79 Å². The molecule has 0 fully saturated rings. The van der Waals surface area contributed by atoms with Gasteiger partial charge in [-0.1, -0.05) is 29.8 Å². The molecule has 0 radical (unpaired) electrons. The Bertz CT molecular complexity index is 918. The van der Waals surface area contributed by atoms with Crippen molar-refractivity contribution in [2.24, 2.45) is 0 Å². The fourth-order valence-corrected chi connectivity index (χ4v) is 3.20. The van der Waals surface area contributed by atoms with Gasteiger partial charge in [0.2, 0.25) is 5.91 Å². The second-order valence-corrected chi connectivity index (χ2v) is 6.16. The number of phenols is 1. The van der Waals surface area contributed by atoms with Crippen molar-refractivity contribution >= 4 is 23.3 Å². The highest BCUT2D eigenvalue weighted by atomic mass is 35.5. The van der Waals surface area contributed by atoms with Crippen LogP contribution in [-0.4, -0.2) is 20.6 Å². The molecule has 2 N–H and O–H groups in total. The van der Waals surface area contributed by atoms with Crippen LogP contribution in [0.1, 0.15) is 23.6 Å². The summed E-state index contributed by atoms with van der Waals surface area (Å²) in [5.74, 6) is 0.648. The summed E-state index contributed by atoms with van der Waals surface area (Å²) in [6, 6.07) is 14.3. The highest BCUT2D eigenvalue weighted by Gasteiger charge is 2.30. The summed E-state index contributed by atoms with van der Waals surface area (Å²) < 4.78 is 1.83. The van der Waals surface area contributed by atoms with E-state index in [4.69, 9.17) is 11.6 Å². The predicted molar refractivity (Wildman–Crippen MR) is 91.8 cm³/mol. The van der Waals surface area contributed by atoms with Gasteiger partial charge in [-0.2, -0.15) is 0 Å². The molecule has 0 spiro atoms.